The zero-order chi connectivity index (χ0) is 8.44. The van der Waals surface area contributed by atoms with Crippen molar-refractivity contribution in [1.29, 1.82) is 0 Å². The number of para-hydroxylation sites is 1. The van der Waals surface area contributed by atoms with Crippen molar-refractivity contribution in [2.24, 2.45) is 4.99 Å². The second-order valence-electron chi connectivity index (χ2n) is 3.35. The van der Waals surface area contributed by atoms with E-state index in [0.717, 1.165) is 17.6 Å². The van der Waals surface area contributed by atoms with E-state index in [1.165, 1.54) is 5.69 Å². The Hall–Kier alpha value is -1.15. The van der Waals surface area contributed by atoms with E-state index >= 15 is 0 Å². The highest BCUT2D eigenvalue weighted by molar-refractivity contribution is 5.74. The molecule has 0 radical (unpaired) electrons. The van der Waals surface area contributed by atoms with Crippen LogP contribution in [0.3, 0.4) is 0 Å². The molecular weight excluding hydrogens is 148 g/mol. The number of hydrogen-bond acceptors (Lipinski definition) is 1. The molecular formula is C10H13N2+. The monoisotopic (exact) mass is 161 g/mol. The molecule has 1 unspecified atom stereocenters. The largest absolute Gasteiger partial charge is 0.250 e. The lowest BCUT2D eigenvalue weighted by atomic mass is 10.2. The first-order chi connectivity index (χ1) is 5.81. The van der Waals surface area contributed by atoms with Crippen LogP contribution in [0.15, 0.2) is 35.3 Å². The molecule has 0 spiro atoms. The molecule has 0 bridgehead atoms. The van der Waals surface area contributed by atoms with Crippen LogP contribution in [0.25, 0.3) is 0 Å². The maximum Gasteiger partial charge on any atom is 0.190 e. The Bertz CT molecular complexity index is 292. The Labute approximate surface area is 72.8 Å². The van der Waals surface area contributed by atoms with Gasteiger partial charge in [-0.15, -0.1) is 0 Å². The van der Waals surface area contributed by atoms with Crippen molar-refractivity contribution >= 4 is 12.0 Å². The number of benzene rings is 1. The number of rotatable bonds is 1. The zero-order valence-corrected chi connectivity index (χ0v) is 7.27. The van der Waals surface area contributed by atoms with Crippen molar-refractivity contribution < 1.29 is 0 Å². The van der Waals surface area contributed by atoms with E-state index in [-0.39, 0.29) is 0 Å². The van der Waals surface area contributed by atoms with Crippen LogP contribution in [0.4, 0.5) is 5.69 Å². The molecule has 1 aromatic carbocycles. The van der Waals surface area contributed by atoms with Gasteiger partial charge in [0.2, 0.25) is 0 Å². The fourth-order valence-corrected chi connectivity index (χ4v) is 1.53. The summed E-state index contributed by atoms with van der Waals surface area (Å²) in [4.78, 5) is 4.26. The van der Waals surface area contributed by atoms with E-state index < -0.39 is 0 Å². The predicted octanol–water partition coefficient (Wildman–Crippen LogP) is 1.67. The number of quaternary nitrogens is 1. The Morgan fingerprint density at radius 3 is 2.58 bits per heavy atom. The van der Waals surface area contributed by atoms with Gasteiger partial charge in [-0.2, -0.15) is 0 Å². The lowest BCUT2D eigenvalue weighted by Gasteiger charge is -2.23. The summed E-state index contributed by atoms with van der Waals surface area (Å²) in [6.45, 7) is 2.04. The van der Waals surface area contributed by atoms with Crippen molar-refractivity contribution in [2.75, 3.05) is 20.1 Å². The maximum absolute atomic E-state index is 4.26. The number of hydrogen-bond donors (Lipinski definition) is 0. The van der Waals surface area contributed by atoms with Gasteiger partial charge in [-0.3, -0.25) is 0 Å². The van der Waals surface area contributed by atoms with E-state index in [2.05, 4.69) is 36.3 Å². The highest BCUT2D eigenvalue weighted by Gasteiger charge is 2.25. The third kappa shape index (κ3) is 1.14. The molecule has 1 aliphatic rings. The van der Waals surface area contributed by atoms with Crippen LogP contribution in [-0.4, -0.2) is 26.5 Å². The van der Waals surface area contributed by atoms with Gasteiger partial charge in [0.1, 0.15) is 12.2 Å². The summed E-state index contributed by atoms with van der Waals surface area (Å²) in [6.07, 6.45) is 2.02. The summed E-state index contributed by atoms with van der Waals surface area (Å²) >= 11 is 0. The molecule has 62 valence electrons. The Kier molecular flexibility index (Phi) is 1.70. The van der Waals surface area contributed by atoms with Crippen molar-refractivity contribution in [3.8, 4) is 0 Å². The second kappa shape index (κ2) is 2.72. The topological polar surface area (TPSA) is 12.4 Å². The molecule has 0 aromatic heterocycles. The zero-order valence-electron chi connectivity index (χ0n) is 7.27. The summed E-state index contributed by atoms with van der Waals surface area (Å²) in [6, 6.07) is 10.5. The van der Waals surface area contributed by atoms with Crippen LogP contribution < -0.4 is 4.48 Å². The number of likely N-dealkylation sites (N-methyl/N-ethyl adjacent to an activating group) is 1. The van der Waals surface area contributed by atoms with E-state index in [4.69, 9.17) is 0 Å². The third-order valence-corrected chi connectivity index (χ3v) is 2.38. The van der Waals surface area contributed by atoms with Gasteiger partial charge in [0.05, 0.1) is 13.6 Å². The molecule has 0 N–H and O–H groups in total. The van der Waals surface area contributed by atoms with Gasteiger partial charge < -0.3 is 0 Å². The molecule has 2 nitrogen and oxygen atoms in total. The highest BCUT2D eigenvalue weighted by Crippen LogP contribution is 2.20. The van der Waals surface area contributed by atoms with Gasteiger partial charge in [-0.1, -0.05) is 18.2 Å². The van der Waals surface area contributed by atoms with Crippen LogP contribution in [0.2, 0.25) is 0 Å². The molecule has 1 aliphatic heterocycles. The Morgan fingerprint density at radius 2 is 2.00 bits per heavy atom. The molecule has 12 heavy (non-hydrogen) atoms. The van der Waals surface area contributed by atoms with E-state index in [1.54, 1.807) is 0 Å². The van der Waals surface area contributed by atoms with Crippen LogP contribution in [-0.2, 0) is 0 Å². The smallest absolute Gasteiger partial charge is 0.190 e. The fraction of sp³-hybridized carbons (Fsp3) is 0.300. The van der Waals surface area contributed by atoms with E-state index in [0.29, 0.717) is 0 Å². The number of aliphatic imine (C=N–C) groups is 1. The van der Waals surface area contributed by atoms with Gasteiger partial charge in [0, 0.05) is 0 Å². The summed E-state index contributed by atoms with van der Waals surface area (Å²) in [5.74, 6) is 0. The first-order valence-electron chi connectivity index (χ1n) is 4.23. The average molecular weight is 161 g/mol. The van der Waals surface area contributed by atoms with Crippen LogP contribution >= 0.6 is 0 Å². The third-order valence-electron chi connectivity index (χ3n) is 2.38. The van der Waals surface area contributed by atoms with Crippen molar-refractivity contribution in [3.63, 3.8) is 0 Å². The molecule has 0 amide bonds. The lowest BCUT2D eigenvalue weighted by molar-refractivity contribution is 0.546. The molecule has 1 atom stereocenters. The lowest BCUT2D eigenvalue weighted by Crippen LogP contribution is -2.41. The minimum absolute atomic E-state index is 0.848. The average Bonchev–Trinajstić information content (AvgIpc) is 2.55. The van der Waals surface area contributed by atoms with Gasteiger partial charge in [0.15, 0.2) is 6.34 Å². The van der Waals surface area contributed by atoms with Gasteiger partial charge in [-0.25, -0.2) is 9.48 Å². The number of nitrogens with zero attached hydrogens (tertiary/aromatic N) is 2. The van der Waals surface area contributed by atoms with Crippen molar-refractivity contribution in [1.82, 2.24) is 4.48 Å². The SMILES string of the molecule is C[N+]1(c2ccccc2)C=NCC1. The first kappa shape index (κ1) is 7.50. The summed E-state index contributed by atoms with van der Waals surface area (Å²) in [7, 11) is 2.19. The molecule has 0 aliphatic carbocycles. The van der Waals surface area contributed by atoms with E-state index in [9.17, 15) is 0 Å². The first-order valence-corrected chi connectivity index (χ1v) is 4.23. The van der Waals surface area contributed by atoms with Gasteiger partial charge >= 0.3 is 0 Å². The molecule has 2 rings (SSSR count). The predicted molar refractivity (Wildman–Crippen MR) is 52.4 cm³/mol. The Morgan fingerprint density at radius 1 is 1.25 bits per heavy atom. The minimum Gasteiger partial charge on any atom is -0.250 e. The van der Waals surface area contributed by atoms with E-state index in [1.807, 2.05) is 12.4 Å². The summed E-state index contributed by atoms with van der Waals surface area (Å²) < 4.78 is 0.848. The van der Waals surface area contributed by atoms with Gasteiger partial charge in [-0.05, 0) is 12.1 Å². The molecule has 2 heteroatoms. The van der Waals surface area contributed by atoms with Gasteiger partial charge in [0.25, 0.3) is 0 Å². The molecule has 1 heterocycles. The standard InChI is InChI=1S/C10H13N2/c1-12(8-7-11-9-12)10-5-3-2-4-6-10/h2-6,9H,7-8H2,1H3/q+1. The molecule has 0 saturated carbocycles. The summed E-state index contributed by atoms with van der Waals surface area (Å²) in [5.41, 5.74) is 1.32. The Balaban J connectivity index is 2.36. The second-order valence-corrected chi connectivity index (χ2v) is 3.35. The van der Waals surface area contributed by atoms with Crippen LogP contribution in [0, 0.1) is 0 Å². The normalized spacial score (nSPS) is 27.8. The molecule has 0 saturated heterocycles. The maximum atomic E-state index is 4.26. The molecule has 0 fully saturated rings. The quantitative estimate of drug-likeness (QED) is 0.555. The van der Waals surface area contributed by atoms with Crippen molar-refractivity contribution in [3.05, 3.63) is 30.3 Å². The van der Waals surface area contributed by atoms with Crippen LogP contribution in [0.1, 0.15) is 0 Å². The van der Waals surface area contributed by atoms with Crippen LogP contribution in [0.5, 0.6) is 0 Å². The van der Waals surface area contributed by atoms with Crippen molar-refractivity contribution in [2.45, 2.75) is 0 Å². The minimum atomic E-state index is 0.848. The molecule has 1 aromatic rings. The highest BCUT2D eigenvalue weighted by atomic mass is 15.4. The summed E-state index contributed by atoms with van der Waals surface area (Å²) in [5, 5.41) is 0. The fourth-order valence-electron chi connectivity index (χ4n) is 1.53.